The summed E-state index contributed by atoms with van der Waals surface area (Å²) >= 11 is 0. The van der Waals surface area contributed by atoms with Crippen LogP contribution < -0.4 is 15.5 Å². The standard InChI is InChI=1S/C30H36N8O/c31-30-26(19-25(34-35-30)24-8-3-4-9-27(24)39)37-17-12-22-18-23(21-37)38(20-22)29-11-13-32-28(33-29)10-7-16-36-14-5-1-2-6-15-36/h3-4,8-9,11,13,19,22-23,39H,1-2,5-6,12,14-18,20-21H2,(H2,31,35). The van der Waals surface area contributed by atoms with Crippen molar-refractivity contribution in [1.82, 2.24) is 25.1 Å². The lowest BCUT2D eigenvalue weighted by Crippen LogP contribution is -2.42. The number of nitrogens with zero attached hydrogens (tertiary/aromatic N) is 7. The van der Waals surface area contributed by atoms with Gasteiger partial charge in [-0.25, -0.2) is 9.97 Å². The fourth-order valence-corrected chi connectivity index (χ4v) is 6.14. The first kappa shape index (κ1) is 25.4. The quantitative estimate of drug-likeness (QED) is 0.496. The number of anilines is 3. The molecule has 3 N–H and O–H groups in total. The minimum absolute atomic E-state index is 0.178. The molecule has 3 aliphatic rings. The Hall–Kier alpha value is -3.90. The third-order valence-electron chi connectivity index (χ3n) is 8.20. The Morgan fingerprint density at radius 1 is 1.00 bits per heavy atom. The van der Waals surface area contributed by atoms with Gasteiger partial charge in [-0.2, -0.15) is 0 Å². The van der Waals surface area contributed by atoms with Crippen LogP contribution in [0.15, 0.2) is 42.6 Å². The van der Waals surface area contributed by atoms with Crippen molar-refractivity contribution in [2.24, 2.45) is 5.92 Å². The van der Waals surface area contributed by atoms with Crippen LogP contribution in [0.3, 0.4) is 0 Å². The van der Waals surface area contributed by atoms with Crippen LogP contribution >= 0.6 is 0 Å². The number of para-hydroxylation sites is 1. The number of aromatic nitrogens is 4. The zero-order valence-corrected chi connectivity index (χ0v) is 22.3. The Morgan fingerprint density at radius 2 is 1.85 bits per heavy atom. The number of hydrogen-bond acceptors (Lipinski definition) is 9. The van der Waals surface area contributed by atoms with E-state index in [9.17, 15) is 5.11 Å². The van der Waals surface area contributed by atoms with E-state index in [0.717, 1.165) is 63.6 Å². The van der Waals surface area contributed by atoms with Gasteiger partial charge in [0.2, 0.25) is 5.82 Å². The van der Waals surface area contributed by atoms with Gasteiger partial charge in [-0.1, -0.05) is 30.9 Å². The Morgan fingerprint density at radius 3 is 2.69 bits per heavy atom. The summed E-state index contributed by atoms with van der Waals surface area (Å²) in [5.74, 6) is 9.22. The lowest BCUT2D eigenvalue weighted by atomic mass is 10.0. The molecule has 1 aromatic carbocycles. The average molecular weight is 525 g/mol. The molecule has 3 aromatic rings. The molecular formula is C30H36N8O. The Balaban J connectivity index is 1.19. The van der Waals surface area contributed by atoms with Crippen LogP contribution in [0.25, 0.3) is 11.3 Å². The largest absolute Gasteiger partial charge is 0.507 e. The van der Waals surface area contributed by atoms with Crippen LogP contribution in [0.5, 0.6) is 5.75 Å². The highest BCUT2D eigenvalue weighted by Gasteiger charge is 2.37. The summed E-state index contributed by atoms with van der Waals surface area (Å²) in [6.45, 7) is 5.75. The van der Waals surface area contributed by atoms with Gasteiger partial charge in [-0.3, -0.25) is 4.90 Å². The van der Waals surface area contributed by atoms with Crippen LogP contribution in [-0.4, -0.2) is 75.5 Å². The topological polar surface area (TPSA) is 108 Å². The van der Waals surface area contributed by atoms with E-state index in [1.54, 1.807) is 12.1 Å². The molecule has 2 atom stereocenters. The second-order valence-electron chi connectivity index (χ2n) is 10.9. The average Bonchev–Trinajstić information content (AvgIpc) is 3.08. The van der Waals surface area contributed by atoms with Crippen molar-refractivity contribution in [3.05, 3.63) is 48.4 Å². The van der Waals surface area contributed by atoms with Gasteiger partial charge in [0.15, 0.2) is 5.82 Å². The molecule has 5 heterocycles. The molecule has 0 spiro atoms. The van der Waals surface area contributed by atoms with Crippen molar-refractivity contribution in [2.75, 3.05) is 54.8 Å². The summed E-state index contributed by atoms with van der Waals surface area (Å²) < 4.78 is 0. The van der Waals surface area contributed by atoms with Gasteiger partial charge < -0.3 is 20.6 Å². The molecule has 6 rings (SSSR count). The van der Waals surface area contributed by atoms with E-state index in [1.165, 1.54) is 25.7 Å². The predicted octanol–water partition coefficient (Wildman–Crippen LogP) is 3.55. The van der Waals surface area contributed by atoms with Gasteiger partial charge in [0, 0.05) is 37.4 Å². The lowest BCUT2D eigenvalue weighted by Gasteiger charge is -2.34. The van der Waals surface area contributed by atoms with Gasteiger partial charge in [-0.15, -0.1) is 10.2 Å². The van der Waals surface area contributed by atoms with Gasteiger partial charge in [0.25, 0.3) is 0 Å². The van der Waals surface area contributed by atoms with Crippen molar-refractivity contribution in [2.45, 2.75) is 44.6 Å². The fraction of sp³-hybridized carbons (Fsp3) is 0.467. The zero-order valence-electron chi connectivity index (χ0n) is 22.3. The van der Waals surface area contributed by atoms with Crippen LogP contribution in [-0.2, 0) is 0 Å². The number of phenolic OH excluding ortho intramolecular Hbond substituents is 1. The Labute approximate surface area is 230 Å². The first-order chi connectivity index (χ1) is 19.1. The summed E-state index contributed by atoms with van der Waals surface area (Å²) in [5.41, 5.74) is 8.45. The Bertz CT molecular complexity index is 1360. The molecule has 0 amide bonds. The number of phenols is 1. The number of rotatable bonds is 4. The maximum atomic E-state index is 10.3. The molecule has 3 saturated heterocycles. The molecule has 9 nitrogen and oxygen atoms in total. The highest BCUT2D eigenvalue weighted by atomic mass is 16.3. The van der Waals surface area contributed by atoms with E-state index in [1.807, 2.05) is 30.5 Å². The zero-order chi connectivity index (χ0) is 26.6. The summed E-state index contributed by atoms with van der Waals surface area (Å²) in [6.07, 6.45) is 9.18. The van der Waals surface area contributed by atoms with E-state index in [0.29, 0.717) is 34.9 Å². The van der Waals surface area contributed by atoms with Gasteiger partial charge in [-0.05, 0) is 74.9 Å². The molecule has 39 heavy (non-hydrogen) atoms. The minimum atomic E-state index is 0.178. The smallest absolute Gasteiger partial charge is 0.206 e. The molecule has 3 aliphatic heterocycles. The highest BCUT2D eigenvalue weighted by Crippen LogP contribution is 2.37. The van der Waals surface area contributed by atoms with Crippen LogP contribution in [0.2, 0.25) is 0 Å². The van der Waals surface area contributed by atoms with E-state index in [-0.39, 0.29) is 5.75 Å². The number of likely N-dealkylation sites (tertiary alicyclic amines) is 1. The second kappa shape index (κ2) is 11.5. The molecule has 2 unspecified atom stereocenters. The van der Waals surface area contributed by atoms with Gasteiger partial charge in [0.1, 0.15) is 11.6 Å². The third kappa shape index (κ3) is 5.76. The summed E-state index contributed by atoms with van der Waals surface area (Å²) in [5, 5.41) is 18.8. The molecule has 3 fully saturated rings. The highest BCUT2D eigenvalue weighted by molar-refractivity contribution is 5.74. The maximum Gasteiger partial charge on any atom is 0.206 e. The molecule has 0 aliphatic carbocycles. The number of benzene rings is 1. The summed E-state index contributed by atoms with van der Waals surface area (Å²) in [4.78, 5) is 16.5. The Kier molecular flexibility index (Phi) is 7.46. The first-order valence-corrected chi connectivity index (χ1v) is 14.1. The SMILES string of the molecule is Nc1nnc(-c2ccccc2O)cc1N1CCC2CC(C1)N(c1ccnc(C#CCN3CCCCCC3)n1)C2. The predicted molar refractivity (Wildman–Crippen MR) is 153 cm³/mol. The first-order valence-electron chi connectivity index (χ1n) is 14.1. The van der Waals surface area contributed by atoms with Crippen LogP contribution in [0.1, 0.15) is 44.3 Å². The van der Waals surface area contributed by atoms with E-state index in [4.69, 9.17) is 10.7 Å². The van der Waals surface area contributed by atoms with Gasteiger partial charge in [0.05, 0.1) is 17.9 Å². The van der Waals surface area contributed by atoms with E-state index in [2.05, 4.69) is 41.7 Å². The van der Waals surface area contributed by atoms with Crippen molar-refractivity contribution in [3.63, 3.8) is 0 Å². The normalized spacial score (nSPS) is 21.6. The molecule has 0 radical (unpaired) electrons. The number of nitrogens with two attached hydrogens (primary N) is 1. The van der Waals surface area contributed by atoms with Crippen molar-refractivity contribution in [3.8, 4) is 28.8 Å². The monoisotopic (exact) mass is 524 g/mol. The van der Waals surface area contributed by atoms with Crippen molar-refractivity contribution < 1.29 is 5.11 Å². The summed E-state index contributed by atoms with van der Waals surface area (Å²) in [7, 11) is 0. The maximum absolute atomic E-state index is 10.3. The molecule has 202 valence electrons. The lowest BCUT2D eigenvalue weighted by molar-refractivity contribution is 0.320. The number of hydrogen-bond donors (Lipinski definition) is 2. The van der Waals surface area contributed by atoms with Crippen molar-refractivity contribution in [1.29, 1.82) is 0 Å². The molecule has 9 heteroatoms. The van der Waals surface area contributed by atoms with E-state index >= 15 is 0 Å². The third-order valence-corrected chi connectivity index (χ3v) is 8.20. The van der Waals surface area contributed by atoms with Gasteiger partial charge >= 0.3 is 0 Å². The van der Waals surface area contributed by atoms with Crippen LogP contribution in [0.4, 0.5) is 17.3 Å². The number of nitrogen functional groups attached to an aromatic ring is 1. The molecule has 2 aromatic heterocycles. The molecular weight excluding hydrogens is 488 g/mol. The molecule has 0 saturated carbocycles. The number of fused-ring (bicyclic) bond motifs is 2. The minimum Gasteiger partial charge on any atom is -0.507 e. The van der Waals surface area contributed by atoms with Crippen molar-refractivity contribution >= 4 is 17.3 Å². The molecule has 2 bridgehead atoms. The number of aromatic hydroxyl groups is 1. The van der Waals surface area contributed by atoms with Crippen LogP contribution in [0, 0.1) is 17.8 Å². The second-order valence-corrected chi connectivity index (χ2v) is 10.9. The fourth-order valence-electron chi connectivity index (χ4n) is 6.14. The van der Waals surface area contributed by atoms with E-state index < -0.39 is 0 Å². The summed E-state index contributed by atoms with van der Waals surface area (Å²) in [6, 6.07) is 11.4.